The molecule has 0 spiro atoms. The predicted octanol–water partition coefficient (Wildman–Crippen LogP) is 3.25. The Hall–Kier alpha value is 0.657. The van der Waals surface area contributed by atoms with Crippen LogP contribution in [0, 0.1) is 0 Å². The van der Waals surface area contributed by atoms with Crippen LogP contribution >= 0.6 is 15.9 Å². The third kappa shape index (κ3) is 6.20. The minimum atomic E-state index is -0.321. The third-order valence-corrected chi connectivity index (χ3v) is 3.66. The molecule has 0 N–H and O–H groups in total. The average molecular weight is 252 g/mol. The zero-order valence-corrected chi connectivity index (χ0v) is 11.4. The van der Waals surface area contributed by atoms with Crippen LogP contribution in [0.5, 0.6) is 0 Å². The second-order valence-corrected chi connectivity index (χ2v) is 7.87. The van der Waals surface area contributed by atoms with Gasteiger partial charge in [0.15, 0.2) is 0 Å². The third-order valence-electron chi connectivity index (χ3n) is 1.51. The van der Waals surface area contributed by atoms with Gasteiger partial charge in [0, 0.05) is 11.1 Å². The largest absolute Gasteiger partial charge is 0.376 e. The molecule has 1 atom stereocenters. The number of ether oxygens (including phenoxy) is 1. The molecule has 1 nitrogen and oxygen atoms in total. The van der Waals surface area contributed by atoms with Crippen LogP contribution in [0.25, 0.3) is 0 Å². The summed E-state index contributed by atoms with van der Waals surface area (Å²) >= 11 is 3.46. The highest BCUT2D eigenvalue weighted by atomic mass is 79.9. The van der Waals surface area contributed by atoms with E-state index in [1.165, 1.54) is 0 Å². The molecule has 3 heteroatoms. The van der Waals surface area contributed by atoms with Gasteiger partial charge in [-0.05, 0) is 27.2 Å². The highest BCUT2D eigenvalue weighted by Crippen LogP contribution is 2.15. The fraction of sp³-hybridized carbons (Fsp3) is 1.00. The van der Waals surface area contributed by atoms with E-state index in [1.807, 2.05) is 0 Å². The fourth-order valence-corrected chi connectivity index (χ4v) is 3.14. The monoisotopic (exact) mass is 251 g/mol. The molecule has 0 heterocycles. The first-order valence-corrected chi connectivity index (χ1v) is 8.10. The van der Waals surface area contributed by atoms with Gasteiger partial charge in [-0.15, -0.1) is 0 Å². The van der Waals surface area contributed by atoms with E-state index < -0.39 is 0 Å². The summed E-state index contributed by atoms with van der Waals surface area (Å²) in [6, 6.07) is 0. The number of halogens is 1. The smallest absolute Gasteiger partial charge is 0.0783 e. The average Bonchev–Trinajstić information content (AvgIpc) is 1.83. The molecule has 0 bridgehead atoms. The summed E-state index contributed by atoms with van der Waals surface area (Å²) in [4.78, 5) is 0. The van der Waals surface area contributed by atoms with Crippen molar-refractivity contribution in [1.82, 2.24) is 0 Å². The molecule has 0 aliphatic carbocycles. The van der Waals surface area contributed by atoms with Crippen molar-refractivity contribution in [1.29, 1.82) is 0 Å². The maximum atomic E-state index is 5.95. The first-order valence-electron chi connectivity index (χ1n) is 4.40. The van der Waals surface area contributed by atoms with Crippen molar-refractivity contribution in [2.75, 3.05) is 5.33 Å². The standard InChI is InChI=1S/C9H20BrOSi/c1-9(2,3)11-8(6-7-10)12(4)5/h8H,6-7H2,1-5H3. The van der Waals surface area contributed by atoms with Crippen molar-refractivity contribution in [2.24, 2.45) is 0 Å². The van der Waals surface area contributed by atoms with Crippen LogP contribution < -0.4 is 0 Å². The van der Waals surface area contributed by atoms with Crippen molar-refractivity contribution in [3.63, 3.8) is 0 Å². The molecular formula is C9H20BrOSi. The van der Waals surface area contributed by atoms with Gasteiger partial charge in [-0.2, -0.15) is 0 Å². The van der Waals surface area contributed by atoms with Gasteiger partial charge >= 0.3 is 0 Å². The minimum Gasteiger partial charge on any atom is -0.376 e. The van der Waals surface area contributed by atoms with Crippen LogP contribution in [-0.2, 0) is 4.74 Å². The molecule has 0 aromatic rings. The Balaban J connectivity index is 3.95. The summed E-state index contributed by atoms with van der Waals surface area (Å²) < 4.78 is 5.95. The minimum absolute atomic E-state index is 0.00870. The molecule has 0 amide bonds. The maximum absolute atomic E-state index is 5.95. The molecule has 0 aromatic heterocycles. The van der Waals surface area contributed by atoms with E-state index >= 15 is 0 Å². The number of rotatable bonds is 4. The predicted molar refractivity (Wildman–Crippen MR) is 60.5 cm³/mol. The Bertz CT molecular complexity index is 120. The normalized spacial score (nSPS) is 15.2. The number of hydrogen-bond donors (Lipinski definition) is 0. The van der Waals surface area contributed by atoms with Gasteiger partial charge in [0.05, 0.1) is 14.4 Å². The van der Waals surface area contributed by atoms with Crippen LogP contribution in [0.15, 0.2) is 0 Å². The molecule has 1 unspecified atom stereocenters. The van der Waals surface area contributed by atoms with Gasteiger partial charge < -0.3 is 4.74 Å². The lowest BCUT2D eigenvalue weighted by Gasteiger charge is -2.29. The molecule has 0 aromatic carbocycles. The second-order valence-electron chi connectivity index (χ2n) is 4.27. The quantitative estimate of drug-likeness (QED) is 0.551. The highest BCUT2D eigenvalue weighted by Gasteiger charge is 2.21. The molecule has 1 radical (unpaired) electrons. The molecule has 12 heavy (non-hydrogen) atoms. The van der Waals surface area contributed by atoms with Crippen LogP contribution in [0.4, 0.5) is 0 Å². The molecule has 0 rings (SSSR count). The maximum Gasteiger partial charge on any atom is 0.0783 e. The fourth-order valence-electron chi connectivity index (χ4n) is 0.991. The molecule has 73 valence electrons. The van der Waals surface area contributed by atoms with Crippen LogP contribution in [0.1, 0.15) is 27.2 Å². The first-order chi connectivity index (χ1) is 5.37. The van der Waals surface area contributed by atoms with Crippen LogP contribution in [-0.4, -0.2) is 25.5 Å². The Morgan fingerprint density at radius 2 is 1.83 bits per heavy atom. The van der Waals surface area contributed by atoms with Gasteiger partial charge in [0.1, 0.15) is 0 Å². The molecule has 0 saturated heterocycles. The van der Waals surface area contributed by atoms with Crippen molar-refractivity contribution >= 4 is 24.7 Å². The molecule has 0 aliphatic heterocycles. The van der Waals surface area contributed by atoms with E-state index in [0.717, 1.165) is 11.8 Å². The van der Waals surface area contributed by atoms with Crippen molar-refractivity contribution in [3.05, 3.63) is 0 Å². The van der Waals surface area contributed by atoms with E-state index in [9.17, 15) is 0 Å². The molecule has 0 aliphatic rings. The van der Waals surface area contributed by atoms with E-state index in [1.54, 1.807) is 0 Å². The first kappa shape index (κ1) is 12.7. The molecular weight excluding hydrogens is 232 g/mol. The highest BCUT2D eigenvalue weighted by molar-refractivity contribution is 9.09. The van der Waals surface area contributed by atoms with Gasteiger partial charge in [0.2, 0.25) is 0 Å². The second kappa shape index (κ2) is 5.40. The van der Waals surface area contributed by atoms with Crippen LogP contribution in [0.2, 0.25) is 13.1 Å². The van der Waals surface area contributed by atoms with E-state index in [2.05, 4.69) is 49.8 Å². The topological polar surface area (TPSA) is 9.23 Å². The lowest BCUT2D eigenvalue weighted by molar-refractivity contribution is -0.0264. The number of hydrogen-bond acceptors (Lipinski definition) is 1. The summed E-state index contributed by atoms with van der Waals surface area (Å²) in [6.45, 7) is 11.0. The van der Waals surface area contributed by atoms with Crippen molar-refractivity contribution < 1.29 is 4.74 Å². The Kier molecular flexibility index (Phi) is 5.70. The summed E-state index contributed by atoms with van der Waals surface area (Å²) in [6.07, 6.45) is 1.14. The zero-order valence-electron chi connectivity index (χ0n) is 8.78. The molecule has 0 saturated carbocycles. The van der Waals surface area contributed by atoms with E-state index in [0.29, 0.717) is 5.73 Å². The lowest BCUT2D eigenvalue weighted by Crippen LogP contribution is -2.36. The van der Waals surface area contributed by atoms with Crippen LogP contribution in [0.3, 0.4) is 0 Å². The zero-order chi connectivity index (χ0) is 9.78. The van der Waals surface area contributed by atoms with Crippen molar-refractivity contribution in [3.8, 4) is 0 Å². The van der Waals surface area contributed by atoms with Gasteiger partial charge in [-0.25, -0.2) is 0 Å². The summed E-state index contributed by atoms with van der Waals surface area (Å²) in [7, 11) is -0.321. The summed E-state index contributed by atoms with van der Waals surface area (Å²) in [5.41, 5.74) is 0.490. The van der Waals surface area contributed by atoms with E-state index in [-0.39, 0.29) is 14.4 Å². The number of alkyl halides is 1. The van der Waals surface area contributed by atoms with Gasteiger partial charge in [-0.1, -0.05) is 29.0 Å². The SMILES string of the molecule is C[Si](C)C(CCBr)OC(C)(C)C. The van der Waals surface area contributed by atoms with Crippen molar-refractivity contribution in [2.45, 2.75) is 51.6 Å². The summed E-state index contributed by atoms with van der Waals surface area (Å²) in [5, 5.41) is 1.05. The molecule has 0 fully saturated rings. The van der Waals surface area contributed by atoms with E-state index in [4.69, 9.17) is 4.74 Å². The summed E-state index contributed by atoms with van der Waals surface area (Å²) in [5.74, 6) is 0. The Morgan fingerprint density at radius 3 is 2.08 bits per heavy atom. The van der Waals surface area contributed by atoms with Gasteiger partial charge in [-0.3, -0.25) is 0 Å². The Morgan fingerprint density at radius 1 is 1.33 bits per heavy atom. The Labute approximate surface area is 86.6 Å². The lowest BCUT2D eigenvalue weighted by atomic mass is 10.2. The van der Waals surface area contributed by atoms with Gasteiger partial charge in [0.25, 0.3) is 0 Å².